The van der Waals surface area contributed by atoms with E-state index in [2.05, 4.69) is 28.1 Å². The monoisotopic (exact) mass is 265 g/mol. The third-order valence-corrected chi connectivity index (χ3v) is 3.43. The standard InChI is InChI=1S/C14H23N3O2/c1-3-7-16-14(15-4-2)17-8-10-19-13(11-17)12-6-5-9-18-12/h1,12-13H,4-11H2,2H3,(H,15,16). The van der Waals surface area contributed by atoms with Gasteiger partial charge in [0.2, 0.25) is 0 Å². The number of morpholine rings is 1. The van der Waals surface area contributed by atoms with Crippen LogP contribution in [-0.2, 0) is 9.47 Å². The molecule has 1 N–H and O–H groups in total. The van der Waals surface area contributed by atoms with Gasteiger partial charge in [0.25, 0.3) is 0 Å². The Morgan fingerprint density at radius 2 is 2.26 bits per heavy atom. The summed E-state index contributed by atoms with van der Waals surface area (Å²) in [5.41, 5.74) is 0. The van der Waals surface area contributed by atoms with E-state index in [0.29, 0.717) is 13.2 Å². The van der Waals surface area contributed by atoms with Crippen molar-refractivity contribution in [1.29, 1.82) is 0 Å². The quantitative estimate of drug-likeness (QED) is 0.458. The van der Waals surface area contributed by atoms with Crippen LogP contribution < -0.4 is 5.32 Å². The van der Waals surface area contributed by atoms with Gasteiger partial charge in [0.15, 0.2) is 5.96 Å². The smallest absolute Gasteiger partial charge is 0.195 e. The Labute approximate surface area is 115 Å². The molecule has 2 aliphatic rings. The van der Waals surface area contributed by atoms with Crippen LogP contribution in [0, 0.1) is 12.3 Å². The van der Waals surface area contributed by atoms with E-state index in [9.17, 15) is 0 Å². The van der Waals surface area contributed by atoms with Crippen molar-refractivity contribution in [2.75, 3.05) is 39.4 Å². The summed E-state index contributed by atoms with van der Waals surface area (Å²) >= 11 is 0. The number of nitrogens with zero attached hydrogens (tertiary/aromatic N) is 2. The number of hydrogen-bond acceptors (Lipinski definition) is 3. The molecule has 2 unspecified atom stereocenters. The van der Waals surface area contributed by atoms with Gasteiger partial charge in [-0.25, -0.2) is 4.99 Å². The summed E-state index contributed by atoms with van der Waals surface area (Å²) in [5.74, 6) is 3.43. The molecule has 0 amide bonds. The highest BCUT2D eigenvalue weighted by Gasteiger charge is 2.32. The molecule has 0 aromatic rings. The molecule has 2 heterocycles. The summed E-state index contributed by atoms with van der Waals surface area (Å²) in [6.07, 6.45) is 7.89. The molecule has 2 aliphatic heterocycles. The van der Waals surface area contributed by atoms with Gasteiger partial charge in [0.05, 0.1) is 12.7 Å². The molecule has 0 saturated carbocycles. The van der Waals surface area contributed by atoms with Crippen LogP contribution >= 0.6 is 0 Å². The number of hydrogen-bond donors (Lipinski definition) is 1. The van der Waals surface area contributed by atoms with Crippen LogP contribution in [0.4, 0.5) is 0 Å². The first kappa shape index (κ1) is 14.2. The lowest BCUT2D eigenvalue weighted by molar-refractivity contribution is -0.0816. The number of aliphatic imine (C=N–C) groups is 1. The second kappa shape index (κ2) is 7.37. The lowest BCUT2D eigenvalue weighted by atomic mass is 10.1. The van der Waals surface area contributed by atoms with Crippen molar-refractivity contribution in [3.05, 3.63) is 0 Å². The largest absolute Gasteiger partial charge is 0.375 e. The molecule has 5 nitrogen and oxygen atoms in total. The molecule has 5 heteroatoms. The summed E-state index contributed by atoms with van der Waals surface area (Å²) in [5, 5.41) is 3.28. The zero-order valence-corrected chi connectivity index (χ0v) is 11.6. The van der Waals surface area contributed by atoms with Gasteiger partial charge in [-0.1, -0.05) is 5.92 Å². The molecule has 2 saturated heterocycles. The highest BCUT2D eigenvalue weighted by atomic mass is 16.5. The number of ether oxygens (including phenoxy) is 2. The van der Waals surface area contributed by atoms with Crippen molar-refractivity contribution < 1.29 is 9.47 Å². The zero-order valence-electron chi connectivity index (χ0n) is 11.6. The lowest BCUT2D eigenvalue weighted by Gasteiger charge is -2.37. The minimum absolute atomic E-state index is 0.144. The third kappa shape index (κ3) is 3.85. The zero-order chi connectivity index (χ0) is 13.5. The molecule has 0 bridgehead atoms. The molecule has 2 rings (SSSR count). The summed E-state index contributed by atoms with van der Waals surface area (Å²) in [6, 6.07) is 0. The molecule has 2 fully saturated rings. The van der Waals surface area contributed by atoms with E-state index < -0.39 is 0 Å². The number of terminal acetylenes is 1. The van der Waals surface area contributed by atoms with Crippen molar-refractivity contribution in [1.82, 2.24) is 10.2 Å². The minimum Gasteiger partial charge on any atom is -0.375 e. The second-order valence-electron chi connectivity index (χ2n) is 4.78. The fraction of sp³-hybridized carbons (Fsp3) is 0.786. The van der Waals surface area contributed by atoms with Crippen LogP contribution in [0.2, 0.25) is 0 Å². The Balaban J connectivity index is 1.95. The average molecular weight is 265 g/mol. The minimum atomic E-state index is 0.144. The summed E-state index contributed by atoms with van der Waals surface area (Å²) in [4.78, 5) is 6.63. The lowest BCUT2D eigenvalue weighted by Crippen LogP contribution is -2.53. The predicted octanol–water partition coefficient (Wildman–Crippen LogP) is 0.465. The topological polar surface area (TPSA) is 46.1 Å². The maximum atomic E-state index is 5.84. The van der Waals surface area contributed by atoms with Crippen LogP contribution in [0.5, 0.6) is 0 Å². The van der Waals surface area contributed by atoms with Gasteiger partial charge in [-0.2, -0.15) is 0 Å². The van der Waals surface area contributed by atoms with Crippen LogP contribution in [0.3, 0.4) is 0 Å². The molecule has 2 atom stereocenters. The fourth-order valence-corrected chi connectivity index (χ4v) is 2.53. The molecule has 0 spiro atoms. The molecule has 0 aromatic carbocycles. The maximum absolute atomic E-state index is 5.84. The SMILES string of the molecule is C#CCN=C(NCC)N1CCOC(C2CCCO2)C1. The van der Waals surface area contributed by atoms with Gasteiger partial charge in [0.1, 0.15) is 12.6 Å². The van der Waals surface area contributed by atoms with E-state index >= 15 is 0 Å². The van der Waals surface area contributed by atoms with Crippen LogP contribution in [-0.4, -0.2) is 62.5 Å². The van der Waals surface area contributed by atoms with Crippen LogP contribution in [0.25, 0.3) is 0 Å². The Morgan fingerprint density at radius 3 is 2.95 bits per heavy atom. The van der Waals surface area contributed by atoms with Crippen molar-refractivity contribution in [2.24, 2.45) is 4.99 Å². The molecule has 0 aromatic heterocycles. The fourth-order valence-electron chi connectivity index (χ4n) is 2.53. The van der Waals surface area contributed by atoms with E-state index in [4.69, 9.17) is 15.9 Å². The Bertz CT molecular complexity index is 345. The molecule has 0 radical (unpaired) electrons. The van der Waals surface area contributed by atoms with Crippen LogP contribution in [0.1, 0.15) is 19.8 Å². The Morgan fingerprint density at radius 1 is 1.42 bits per heavy atom. The molecule has 106 valence electrons. The first-order valence-electron chi connectivity index (χ1n) is 7.05. The molecule has 19 heavy (non-hydrogen) atoms. The first-order chi connectivity index (χ1) is 9.35. The van der Waals surface area contributed by atoms with Gasteiger partial charge in [0, 0.05) is 26.2 Å². The molecular formula is C14H23N3O2. The van der Waals surface area contributed by atoms with Gasteiger partial charge in [-0.05, 0) is 19.8 Å². The number of nitrogens with one attached hydrogen (secondary N) is 1. The summed E-state index contributed by atoms with van der Waals surface area (Å²) < 4.78 is 11.6. The second-order valence-corrected chi connectivity index (χ2v) is 4.78. The highest BCUT2D eigenvalue weighted by molar-refractivity contribution is 5.80. The molecular weight excluding hydrogens is 242 g/mol. The number of guanidine groups is 1. The van der Waals surface area contributed by atoms with E-state index in [1.807, 2.05) is 0 Å². The predicted molar refractivity (Wildman–Crippen MR) is 75.1 cm³/mol. The number of rotatable bonds is 3. The maximum Gasteiger partial charge on any atom is 0.195 e. The van der Waals surface area contributed by atoms with Crippen LogP contribution in [0.15, 0.2) is 4.99 Å². The van der Waals surface area contributed by atoms with Crippen molar-refractivity contribution in [2.45, 2.75) is 32.0 Å². The van der Waals surface area contributed by atoms with E-state index in [1.54, 1.807) is 0 Å². The van der Waals surface area contributed by atoms with Gasteiger partial charge in [-0.15, -0.1) is 6.42 Å². The van der Waals surface area contributed by atoms with Crippen molar-refractivity contribution in [3.63, 3.8) is 0 Å². The molecule has 0 aliphatic carbocycles. The first-order valence-corrected chi connectivity index (χ1v) is 7.05. The highest BCUT2D eigenvalue weighted by Crippen LogP contribution is 2.20. The average Bonchev–Trinajstić information content (AvgIpc) is 2.98. The van der Waals surface area contributed by atoms with Gasteiger partial charge < -0.3 is 19.7 Å². The summed E-state index contributed by atoms with van der Waals surface area (Å²) in [6.45, 7) is 6.54. The third-order valence-electron chi connectivity index (χ3n) is 3.43. The van der Waals surface area contributed by atoms with Gasteiger partial charge in [-0.3, -0.25) is 0 Å². The van der Waals surface area contributed by atoms with Gasteiger partial charge >= 0.3 is 0 Å². The van der Waals surface area contributed by atoms with E-state index in [1.165, 1.54) is 0 Å². The Kier molecular flexibility index (Phi) is 5.49. The summed E-state index contributed by atoms with van der Waals surface area (Å²) in [7, 11) is 0. The van der Waals surface area contributed by atoms with E-state index in [0.717, 1.165) is 45.0 Å². The Hall–Kier alpha value is -1.25. The van der Waals surface area contributed by atoms with Crippen molar-refractivity contribution in [3.8, 4) is 12.3 Å². The van der Waals surface area contributed by atoms with E-state index in [-0.39, 0.29) is 12.2 Å². The van der Waals surface area contributed by atoms with Crippen molar-refractivity contribution >= 4 is 5.96 Å². The normalized spacial score (nSPS) is 28.2.